The fraction of sp³-hybridized carbons (Fsp3) is 1.00. The molecule has 0 amide bonds. The first-order valence-electron chi connectivity index (χ1n) is 6.76. The third kappa shape index (κ3) is 3.38. The van der Waals surface area contributed by atoms with Gasteiger partial charge in [0.2, 0.25) is 0 Å². The van der Waals surface area contributed by atoms with E-state index in [2.05, 4.69) is 42.7 Å². The average Bonchev–Trinajstić information content (AvgIpc) is 2.20. The van der Waals surface area contributed by atoms with Crippen LogP contribution in [0.4, 0.5) is 0 Å². The first-order valence-corrected chi connectivity index (χ1v) is 7.70. The van der Waals surface area contributed by atoms with Gasteiger partial charge in [-0.2, -0.15) is 11.8 Å². The largest absolute Gasteiger partial charge is 0.312 e. The lowest BCUT2D eigenvalue weighted by Crippen LogP contribution is -2.51. The summed E-state index contributed by atoms with van der Waals surface area (Å²) in [7, 11) is 0. The number of thioether (sulfide) groups is 1. The molecule has 1 N–H and O–H groups in total. The molecule has 0 saturated carbocycles. The van der Waals surface area contributed by atoms with E-state index in [-0.39, 0.29) is 0 Å². The molecule has 3 heteroatoms. The summed E-state index contributed by atoms with van der Waals surface area (Å²) in [5.41, 5.74) is 0. The molecule has 0 aromatic rings. The molecule has 2 fully saturated rings. The summed E-state index contributed by atoms with van der Waals surface area (Å²) in [5, 5.41) is 5.31. The summed E-state index contributed by atoms with van der Waals surface area (Å²) in [6, 6.07) is 0.733. The number of nitrogens with one attached hydrogen (secondary N) is 1. The SMILES string of the molecule is CC1CN(CC2NCCCC2C)CC(C)S1. The van der Waals surface area contributed by atoms with Gasteiger partial charge in [-0.25, -0.2) is 0 Å². The minimum Gasteiger partial charge on any atom is -0.312 e. The van der Waals surface area contributed by atoms with Gasteiger partial charge in [0.05, 0.1) is 0 Å². The molecule has 4 atom stereocenters. The Labute approximate surface area is 105 Å². The molecule has 0 aromatic heterocycles. The Bertz CT molecular complexity index is 212. The Morgan fingerprint density at radius 1 is 1.19 bits per heavy atom. The molecule has 2 aliphatic heterocycles. The van der Waals surface area contributed by atoms with Crippen LogP contribution in [0.5, 0.6) is 0 Å². The van der Waals surface area contributed by atoms with Crippen molar-refractivity contribution in [2.24, 2.45) is 5.92 Å². The van der Waals surface area contributed by atoms with Gasteiger partial charge in [0.15, 0.2) is 0 Å². The maximum absolute atomic E-state index is 3.70. The zero-order valence-electron chi connectivity index (χ0n) is 10.9. The van der Waals surface area contributed by atoms with Gasteiger partial charge in [-0.05, 0) is 25.3 Å². The van der Waals surface area contributed by atoms with E-state index in [1.54, 1.807) is 0 Å². The highest BCUT2D eigenvalue weighted by Crippen LogP contribution is 2.26. The summed E-state index contributed by atoms with van der Waals surface area (Å²) in [5.74, 6) is 0.856. The number of hydrogen-bond donors (Lipinski definition) is 1. The maximum atomic E-state index is 3.70. The lowest BCUT2D eigenvalue weighted by molar-refractivity contribution is 0.189. The number of piperidine rings is 1. The predicted octanol–water partition coefficient (Wildman–Crippen LogP) is 2.20. The van der Waals surface area contributed by atoms with Crippen molar-refractivity contribution in [2.45, 2.75) is 50.2 Å². The zero-order valence-corrected chi connectivity index (χ0v) is 11.7. The van der Waals surface area contributed by atoms with Gasteiger partial charge in [0, 0.05) is 36.2 Å². The van der Waals surface area contributed by atoms with Gasteiger partial charge in [-0.15, -0.1) is 0 Å². The van der Waals surface area contributed by atoms with Crippen molar-refractivity contribution < 1.29 is 0 Å². The second-order valence-corrected chi connectivity index (χ2v) is 7.54. The number of rotatable bonds is 2. The zero-order chi connectivity index (χ0) is 11.5. The topological polar surface area (TPSA) is 15.3 Å². The van der Waals surface area contributed by atoms with Gasteiger partial charge in [-0.3, -0.25) is 4.90 Å². The van der Waals surface area contributed by atoms with Crippen molar-refractivity contribution in [3.05, 3.63) is 0 Å². The molecule has 0 aromatic carbocycles. The van der Waals surface area contributed by atoms with Crippen LogP contribution in [-0.2, 0) is 0 Å². The fourth-order valence-electron chi connectivity index (χ4n) is 3.07. The molecule has 0 aliphatic carbocycles. The van der Waals surface area contributed by atoms with Crippen molar-refractivity contribution in [1.29, 1.82) is 0 Å². The van der Waals surface area contributed by atoms with E-state index in [0.717, 1.165) is 22.5 Å². The first-order chi connectivity index (χ1) is 7.65. The molecule has 2 rings (SSSR count). The smallest absolute Gasteiger partial charge is 0.0220 e. The molecule has 2 nitrogen and oxygen atoms in total. The molecule has 0 bridgehead atoms. The van der Waals surface area contributed by atoms with E-state index < -0.39 is 0 Å². The average molecular weight is 242 g/mol. The third-order valence-corrected chi connectivity index (χ3v) is 5.11. The minimum absolute atomic E-state index is 0.733. The highest BCUT2D eigenvalue weighted by molar-refractivity contribution is 8.00. The molecule has 4 unspecified atom stereocenters. The lowest BCUT2D eigenvalue weighted by Gasteiger charge is -2.39. The van der Waals surface area contributed by atoms with Crippen LogP contribution in [0.2, 0.25) is 0 Å². The van der Waals surface area contributed by atoms with Crippen LogP contribution in [0.25, 0.3) is 0 Å². The molecule has 0 spiro atoms. The van der Waals surface area contributed by atoms with Gasteiger partial charge >= 0.3 is 0 Å². The van der Waals surface area contributed by atoms with Gasteiger partial charge in [0.25, 0.3) is 0 Å². The molecule has 0 radical (unpaired) electrons. The normalized spacial score (nSPS) is 42.2. The Kier molecular flexibility index (Phi) is 4.57. The van der Waals surface area contributed by atoms with E-state index >= 15 is 0 Å². The Morgan fingerprint density at radius 3 is 2.50 bits per heavy atom. The van der Waals surface area contributed by atoms with E-state index in [4.69, 9.17) is 0 Å². The van der Waals surface area contributed by atoms with E-state index in [9.17, 15) is 0 Å². The molecule has 94 valence electrons. The second-order valence-electron chi connectivity index (χ2n) is 5.66. The summed E-state index contributed by atoms with van der Waals surface area (Å²) in [6.45, 7) is 12.2. The van der Waals surface area contributed by atoms with Crippen LogP contribution in [0, 0.1) is 5.92 Å². The molecular weight excluding hydrogens is 216 g/mol. The second kappa shape index (κ2) is 5.74. The monoisotopic (exact) mass is 242 g/mol. The van der Waals surface area contributed by atoms with Gasteiger partial charge in [0.1, 0.15) is 0 Å². The molecule has 2 heterocycles. The first kappa shape index (κ1) is 12.7. The highest BCUT2D eigenvalue weighted by atomic mass is 32.2. The van der Waals surface area contributed by atoms with Crippen LogP contribution in [0.3, 0.4) is 0 Å². The van der Waals surface area contributed by atoms with Gasteiger partial charge in [-0.1, -0.05) is 20.8 Å². The van der Waals surface area contributed by atoms with E-state index in [1.807, 2.05) is 0 Å². The maximum Gasteiger partial charge on any atom is 0.0220 e. The Balaban J connectivity index is 1.83. The van der Waals surface area contributed by atoms with Crippen molar-refractivity contribution in [1.82, 2.24) is 10.2 Å². The van der Waals surface area contributed by atoms with Crippen molar-refractivity contribution in [3.8, 4) is 0 Å². The Hall–Kier alpha value is 0.270. The van der Waals surface area contributed by atoms with Crippen molar-refractivity contribution >= 4 is 11.8 Å². The third-order valence-electron chi connectivity index (χ3n) is 3.88. The summed E-state index contributed by atoms with van der Waals surface area (Å²) in [4.78, 5) is 2.67. The molecule has 2 aliphatic rings. The van der Waals surface area contributed by atoms with Crippen LogP contribution >= 0.6 is 11.8 Å². The number of hydrogen-bond acceptors (Lipinski definition) is 3. The van der Waals surface area contributed by atoms with Gasteiger partial charge < -0.3 is 5.32 Å². The van der Waals surface area contributed by atoms with Crippen LogP contribution in [0.15, 0.2) is 0 Å². The predicted molar refractivity (Wildman–Crippen MR) is 73.1 cm³/mol. The van der Waals surface area contributed by atoms with Crippen LogP contribution in [0.1, 0.15) is 33.6 Å². The molecule has 16 heavy (non-hydrogen) atoms. The van der Waals surface area contributed by atoms with E-state index in [1.165, 1.54) is 39.0 Å². The Morgan fingerprint density at radius 2 is 1.88 bits per heavy atom. The summed E-state index contributed by atoms with van der Waals surface area (Å²) >= 11 is 2.15. The minimum atomic E-state index is 0.733. The standard InChI is InChI=1S/C13H26N2S/c1-10-5-4-6-14-13(10)9-15-7-11(2)16-12(3)8-15/h10-14H,4-9H2,1-3H3. The molecule has 2 saturated heterocycles. The van der Waals surface area contributed by atoms with Crippen molar-refractivity contribution in [2.75, 3.05) is 26.2 Å². The van der Waals surface area contributed by atoms with E-state index in [0.29, 0.717) is 0 Å². The molecular formula is C13H26N2S. The fourth-order valence-corrected chi connectivity index (χ4v) is 4.46. The van der Waals surface area contributed by atoms with Crippen molar-refractivity contribution in [3.63, 3.8) is 0 Å². The van der Waals surface area contributed by atoms with Crippen LogP contribution in [-0.4, -0.2) is 47.6 Å². The summed E-state index contributed by atoms with van der Waals surface area (Å²) in [6.07, 6.45) is 2.77. The number of nitrogens with zero attached hydrogens (tertiary/aromatic N) is 1. The highest BCUT2D eigenvalue weighted by Gasteiger charge is 2.27. The summed E-state index contributed by atoms with van der Waals surface area (Å²) < 4.78 is 0. The van der Waals surface area contributed by atoms with Crippen LogP contribution < -0.4 is 5.32 Å². The quantitative estimate of drug-likeness (QED) is 0.799. The lowest BCUT2D eigenvalue weighted by atomic mass is 9.92.